The summed E-state index contributed by atoms with van der Waals surface area (Å²) < 4.78 is 16.1. The van der Waals surface area contributed by atoms with E-state index in [-0.39, 0.29) is 19.1 Å². The predicted octanol–water partition coefficient (Wildman–Crippen LogP) is 4.48. The van der Waals surface area contributed by atoms with E-state index < -0.39 is 11.6 Å². The number of ether oxygens (including phenoxy) is 2. The Morgan fingerprint density at radius 1 is 1.28 bits per heavy atom. The van der Waals surface area contributed by atoms with Crippen molar-refractivity contribution in [2.24, 2.45) is 5.92 Å². The molecule has 1 N–H and O–H groups in total. The zero-order valence-corrected chi connectivity index (χ0v) is 19.1. The first-order valence-electron chi connectivity index (χ1n) is 10.6. The van der Waals surface area contributed by atoms with Gasteiger partial charge in [-0.3, -0.25) is 4.79 Å². The minimum atomic E-state index is -0.438. The van der Waals surface area contributed by atoms with Crippen LogP contribution in [-0.2, 0) is 22.4 Å². The van der Waals surface area contributed by atoms with Gasteiger partial charge in [0.25, 0.3) is 5.91 Å². The van der Waals surface area contributed by atoms with E-state index >= 15 is 0 Å². The van der Waals surface area contributed by atoms with Gasteiger partial charge in [-0.2, -0.15) is 0 Å². The molecule has 0 aliphatic heterocycles. The number of thiophene rings is 1. The number of benzene rings is 1. The second-order valence-corrected chi connectivity index (χ2v) is 9.12. The Kier molecular flexibility index (Phi) is 6.32. The van der Waals surface area contributed by atoms with Crippen LogP contribution in [0.25, 0.3) is 11.0 Å². The van der Waals surface area contributed by atoms with Gasteiger partial charge in [0.1, 0.15) is 16.3 Å². The maximum atomic E-state index is 12.6. The smallest absolute Gasteiger partial charge is 0.341 e. The minimum Gasteiger partial charge on any atom is -0.484 e. The highest BCUT2D eigenvalue weighted by Gasteiger charge is 2.29. The topological polar surface area (TPSA) is 94.8 Å². The fraction of sp³-hybridized carbons (Fsp3) is 0.375. The molecule has 168 valence electrons. The molecule has 0 bridgehead atoms. The Hall–Kier alpha value is -3.13. The van der Waals surface area contributed by atoms with Crippen molar-refractivity contribution < 1.29 is 23.5 Å². The van der Waals surface area contributed by atoms with Crippen molar-refractivity contribution in [1.29, 1.82) is 0 Å². The van der Waals surface area contributed by atoms with Crippen LogP contribution in [0.3, 0.4) is 0 Å². The molecule has 0 saturated heterocycles. The number of nitrogens with one attached hydrogen (secondary N) is 1. The summed E-state index contributed by atoms with van der Waals surface area (Å²) in [5, 5.41) is 4.14. The molecule has 1 amide bonds. The lowest BCUT2D eigenvalue weighted by molar-refractivity contribution is -0.118. The van der Waals surface area contributed by atoms with Gasteiger partial charge >= 0.3 is 11.6 Å². The van der Waals surface area contributed by atoms with Gasteiger partial charge in [-0.25, -0.2) is 9.59 Å². The van der Waals surface area contributed by atoms with E-state index in [0.29, 0.717) is 27.8 Å². The third kappa shape index (κ3) is 4.55. The lowest BCUT2D eigenvalue weighted by atomic mass is 9.88. The first-order valence-corrected chi connectivity index (χ1v) is 11.5. The third-order valence-electron chi connectivity index (χ3n) is 5.54. The number of rotatable bonds is 6. The quantitative estimate of drug-likeness (QED) is 0.435. The summed E-state index contributed by atoms with van der Waals surface area (Å²) in [5.74, 6) is 0.162. The van der Waals surface area contributed by atoms with Crippen LogP contribution in [0.1, 0.15) is 46.6 Å². The van der Waals surface area contributed by atoms with Gasteiger partial charge in [0.2, 0.25) is 0 Å². The van der Waals surface area contributed by atoms with Gasteiger partial charge in [0, 0.05) is 22.4 Å². The number of fused-ring (bicyclic) bond motifs is 2. The van der Waals surface area contributed by atoms with E-state index in [0.717, 1.165) is 40.7 Å². The number of hydrogen-bond donors (Lipinski definition) is 1. The average molecular weight is 456 g/mol. The van der Waals surface area contributed by atoms with Crippen molar-refractivity contribution in [3.05, 3.63) is 56.3 Å². The molecule has 2 heterocycles. The molecule has 0 fully saturated rings. The number of carbonyl (C=O) groups excluding carboxylic acids is 2. The maximum Gasteiger partial charge on any atom is 0.341 e. The zero-order valence-electron chi connectivity index (χ0n) is 18.3. The molecule has 1 aromatic carbocycles. The van der Waals surface area contributed by atoms with E-state index in [1.807, 2.05) is 6.92 Å². The minimum absolute atomic E-state index is 0.247. The summed E-state index contributed by atoms with van der Waals surface area (Å²) in [6.07, 6.45) is 2.69. The van der Waals surface area contributed by atoms with Crippen LogP contribution in [0.5, 0.6) is 5.75 Å². The summed E-state index contributed by atoms with van der Waals surface area (Å²) in [7, 11) is 0. The average Bonchev–Trinajstić information content (AvgIpc) is 3.08. The van der Waals surface area contributed by atoms with Crippen molar-refractivity contribution in [2.45, 2.75) is 40.0 Å². The van der Waals surface area contributed by atoms with Crippen molar-refractivity contribution >= 4 is 39.2 Å². The highest BCUT2D eigenvalue weighted by atomic mass is 32.1. The summed E-state index contributed by atoms with van der Waals surface area (Å²) >= 11 is 1.44. The fourth-order valence-electron chi connectivity index (χ4n) is 3.96. The molecule has 0 radical (unpaired) electrons. The number of amides is 1. The predicted molar refractivity (Wildman–Crippen MR) is 123 cm³/mol. The molecule has 8 heteroatoms. The largest absolute Gasteiger partial charge is 0.484 e. The molecule has 1 aliphatic carbocycles. The van der Waals surface area contributed by atoms with Gasteiger partial charge in [-0.1, -0.05) is 6.92 Å². The summed E-state index contributed by atoms with van der Waals surface area (Å²) in [5.41, 5.74) is 2.23. The molecule has 1 atom stereocenters. The Balaban J connectivity index is 1.50. The van der Waals surface area contributed by atoms with Gasteiger partial charge in [0.15, 0.2) is 6.61 Å². The van der Waals surface area contributed by atoms with E-state index in [1.54, 1.807) is 25.1 Å². The number of carbonyl (C=O) groups is 2. The SMILES string of the molecule is CCOC(=O)c1c(NC(=O)COc2ccc3c(C)cc(=O)oc3c2)sc2c1CCC(C)C2. The van der Waals surface area contributed by atoms with Gasteiger partial charge < -0.3 is 19.2 Å². The van der Waals surface area contributed by atoms with Crippen molar-refractivity contribution in [1.82, 2.24) is 0 Å². The lowest BCUT2D eigenvalue weighted by Gasteiger charge is -2.18. The number of anilines is 1. The Morgan fingerprint density at radius 2 is 2.09 bits per heavy atom. The van der Waals surface area contributed by atoms with Crippen LogP contribution >= 0.6 is 11.3 Å². The Morgan fingerprint density at radius 3 is 2.88 bits per heavy atom. The maximum absolute atomic E-state index is 12.6. The molecule has 0 spiro atoms. The van der Waals surface area contributed by atoms with E-state index in [2.05, 4.69) is 12.2 Å². The molecule has 3 aromatic rings. The van der Waals surface area contributed by atoms with Crippen molar-refractivity contribution in [2.75, 3.05) is 18.5 Å². The molecule has 32 heavy (non-hydrogen) atoms. The van der Waals surface area contributed by atoms with Gasteiger partial charge in [-0.05, 0) is 62.3 Å². The van der Waals surface area contributed by atoms with E-state index in [1.165, 1.54) is 17.4 Å². The number of esters is 1. The summed E-state index contributed by atoms with van der Waals surface area (Å²) in [6.45, 7) is 5.80. The molecule has 2 aromatic heterocycles. The standard InChI is InChI=1S/C24H25NO6S/c1-4-29-24(28)22-17-7-5-13(2)9-19(17)32-23(22)25-20(26)12-30-15-6-8-16-14(3)10-21(27)31-18(16)11-15/h6,8,10-11,13H,4-5,7,9,12H2,1-3H3,(H,25,26). The molecule has 1 unspecified atom stereocenters. The summed E-state index contributed by atoms with van der Waals surface area (Å²) in [6, 6.07) is 6.52. The van der Waals surface area contributed by atoms with Crippen LogP contribution in [0.4, 0.5) is 5.00 Å². The van der Waals surface area contributed by atoms with Crippen LogP contribution < -0.4 is 15.7 Å². The van der Waals surface area contributed by atoms with Crippen LogP contribution in [0, 0.1) is 12.8 Å². The number of hydrogen-bond acceptors (Lipinski definition) is 7. The Labute approximate surface area is 189 Å². The first-order chi connectivity index (χ1) is 15.4. The second kappa shape index (κ2) is 9.16. The fourth-order valence-corrected chi connectivity index (χ4v) is 5.38. The normalized spacial score (nSPS) is 15.3. The molecule has 1 aliphatic rings. The van der Waals surface area contributed by atoms with E-state index in [9.17, 15) is 14.4 Å². The number of aryl methyl sites for hydroxylation is 1. The van der Waals surface area contributed by atoms with Crippen LogP contribution in [-0.4, -0.2) is 25.1 Å². The summed E-state index contributed by atoms with van der Waals surface area (Å²) in [4.78, 5) is 37.9. The zero-order chi connectivity index (χ0) is 22.8. The van der Waals surface area contributed by atoms with Crippen molar-refractivity contribution in [3.8, 4) is 5.75 Å². The van der Waals surface area contributed by atoms with E-state index in [4.69, 9.17) is 13.9 Å². The molecule has 0 saturated carbocycles. The second-order valence-electron chi connectivity index (χ2n) is 8.02. The lowest BCUT2D eigenvalue weighted by Crippen LogP contribution is -2.21. The Bertz CT molecular complexity index is 1240. The molecular formula is C24H25NO6S. The first kappa shape index (κ1) is 22.1. The monoisotopic (exact) mass is 455 g/mol. The molecular weight excluding hydrogens is 430 g/mol. The molecule has 4 rings (SSSR count). The van der Waals surface area contributed by atoms with Crippen LogP contribution in [0.15, 0.2) is 33.5 Å². The van der Waals surface area contributed by atoms with Gasteiger partial charge in [0.05, 0.1) is 12.2 Å². The molecule has 7 nitrogen and oxygen atoms in total. The third-order valence-corrected chi connectivity index (χ3v) is 6.71. The van der Waals surface area contributed by atoms with Crippen molar-refractivity contribution in [3.63, 3.8) is 0 Å². The van der Waals surface area contributed by atoms with Gasteiger partial charge in [-0.15, -0.1) is 11.3 Å². The highest BCUT2D eigenvalue weighted by Crippen LogP contribution is 2.40. The highest BCUT2D eigenvalue weighted by molar-refractivity contribution is 7.17. The van der Waals surface area contributed by atoms with Crippen LogP contribution in [0.2, 0.25) is 0 Å².